The maximum Gasteiger partial charge on any atom is 0.244 e. The molecule has 2 aliphatic rings. The zero-order valence-corrected chi connectivity index (χ0v) is 11.9. The van der Waals surface area contributed by atoms with Crippen LogP contribution in [0, 0.1) is 11.6 Å². The Hall–Kier alpha value is -2.24. The summed E-state index contributed by atoms with van der Waals surface area (Å²) in [5.41, 5.74) is 2.50. The van der Waals surface area contributed by atoms with Crippen LogP contribution in [-0.2, 0) is 24.4 Å². The molecule has 0 radical (unpaired) electrons. The molecule has 0 unspecified atom stereocenters. The first kappa shape index (κ1) is 13.4. The topological polar surface area (TPSA) is 38.1 Å². The molecular weight excluding hydrogens is 288 g/mol. The Morgan fingerprint density at radius 1 is 1.09 bits per heavy atom. The lowest BCUT2D eigenvalue weighted by Crippen LogP contribution is -2.38. The Labute approximate surface area is 126 Å². The highest BCUT2D eigenvalue weighted by Crippen LogP contribution is 2.39. The van der Waals surface area contributed by atoms with Gasteiger partial charge in [-0.15, -0.1) is 0 Å². The Kier molecular flexibility index (Phi) is 2.99. The second-order valence-corrected chi connectivity index (χ2v) is 6.02. The molecule has 0 spiro atoms. The number of fused-ring (bicyclic) bond motifs is 1. The lowest BCUT2D eigenvalue weighted by Gasteiger charge is -2.27. The van der Waals surface area contributed by atoms with Gasteiger partial charge < -0.3 is 4.90 Å². The molecule has 1 aliphatic heterocycles. The number of carbonyl (C=O) groups is 1. The molecule has 1 saturated carbocycles. The van der Waals surface area contributed by atoms with Crippen LogP contribution < -0.4 is 0 Å². The van der Waals surface area contributed by atoms with E-state index in [0.717, 1.165) is 30.3 Å². The van der Waals surface area contributed by atoms with Gasteiger partial charge >= 0.3 is 0 Å². The van der Waals surface area contributed by atoms with Crippen molar-refractivity contribution in [2.45, 2.75) is 38.4 Å². The van der Waals surface area contributed by atoms with E-state index in [4.69, 9.17) is 0 Å². The molecule has 0 N–H and O–H groups in total. The van der Waals surface area contributed by atoms with E-state index in [-0.39, 0.29) is 19.0 Å². The number of halogens is 2. The second-order valence-electron chi connectivity index (χ2n) is 6.02. The summed E-state index contributed by atoms with van der Waals surface area (Å²) in [7, 11) is 0. The number of hydrogen-bond acceptors (Lipinski definition) is 2. The summed E-state index contributed by atoms with van der Waals surface area (Å²) >= 11 is 0. The van der Waals surface area contributed by atoms with Crippen molar-refractivity contribution in [2.75, 3.05) is 0 Å². The second kappa shape index (κ2) is 4.90. The zero-order chi connectivity index (χ0) is 15.3. The monoisotopic (exact) mass is 303 g/mol. The zero-order valence-electron chi connectivity index (χ0n) is 11.9. The summed E-state index contributed by atoms with van der Waals surface area (Å²) in [4.78, 5) is 13.8. The van der Waals surface area contributed by atoms with E-state index >= 15 is 0 Å². The summed E-state index contributed by atoms with van der Waals surface area (Å²) in [6.45, 7) is 0.827. The highest BCUT2D eigenvalue weighted by molar-refractivity contribution is 5.77. The van der Waals surface area contributed by atoms with E-state index in [1.165, 1.54) is 12.1 Å². The molecule has 0 saturated heterocycles. The van der Waals surface area contributed by atoms with Gasteiger partial charge in [0.25, 0.3) is 0 Å². The van der Waals surface area contributed by atoms with Gasteiger partial charge in [-0.25, -0.2) is 8.78 Å². The van der Waals surface area contributed by atoms with Gasteiger partial charge in [-0.3, -0.25) is 9.48 Å². The smallest absolute Gasteiger partial charge is 0.244 e. The number of aromatic nitrogens is 2. The molecule has 4 nitrogen and oxygen atoms in total. The van der Waals surface area contributed by atoms with Gasteiger partial charge in [0.05, 0.1) is 17.9 Å². The lowest BCUT2D eigenvalue weighted by atomic mass is 10.1. The van der Waals surface area contributed by atoms with E-state index in [2.05, 4.69) is 5.10 Å². The Morgan fingerprint density at radius 3 is 2.50 bits per heavy atom. The average Bonchev–Trinajstić information content (AvgIpc) is 3.20. The molecule has 2 heterocycles. The highest BCUT2D eigenvalue weighted by Gasteiger charge is 2.30. The van der Waals surface area contributed by atoms with Crippen molar-refractivity contribution in [2.24, 2.45) is 0 Å². The van der Waals surface area contributed by atoms with Crippen molar-refractivity contribution in [3.05, 3.63) is 52.9 Å². The van der Waals surface area contributed by atoms with Gasteiger partial charge in [0.15, 0.2) is 0 Å². The molecule has 114 valence electrons. The van der Waals surface area contributed by atoms with Crippen molar-refractivity contribution in [1.29, 1.82) is 0 Å². The quantitative estimate of drug-likeness (QED) is 0.874. The van der Waals surface area contributed by atoms with Gasteiger partial charge in [-0.05, 0) is 36.6 Å². The van der Waals surface area contributed by atoms with Crippen molar-refractivity contribution >= 4 is 5.91 Å². The first-order valence-electron chi connectivity index (χ1n) is 7.38. The molecule has 1 fully saturated rings. The maximum atomic E-state index is 13.3. The number of nitrogens with zero attached hydrogens (tertiary/aromatic N) is 3. The molecule has 1 amide bonds. The molecule has 4 rings (SSSR count). The molecule has 22 heavy (non-hydrogen) atoms. The van der Waals surface area contributed by atoms with Crippen LogP contribution in [0.25, 0.3) is 0 Å². The van der Waals surface area contributed by atoms with Crippen LogP contribution >= 0.6 is 0 Å². The minimum Gasteiger partial charge on any atom is -0.331 e. The van der Waals surface area contributed by atoms with Crippen molar-refractivity contribution in [1.82, 2.24) is 14.7 Å². The van der Waals surface area contributed by atoms with Crippen LogP contribution in [0.15, 0.2) is 24.3 Å². The number of benzene rings is 1. The fourth-order valence-electron chi connectivity index (χ4n) is 2.90. The number of rotatable bonds is 3. The molecule has 0 bridgehead atoms. The standard InChI is InChI=1S/C16H15F2N3O/c17-12-3-10(4-13(18)5-12)7-20-8-14-6-15(11-1-2-11)19-21(14)9-16(20)22/h3-6,11H,1-2,7-9H2. The SMILES string of the molecule is O=C1Cn2nc(C3CC3)cc2CN1Cc1cc(F)cc(F)c1. The van der Waals surface area contributed by atoms with E-state index in [9.17, 15) is 13.6 Å². The molecule has 1 aromatic carbocycles. The van der Waals surface area contributed by atoms with Crippen LogP contribution in [0.4, 0.5) is 8.78 Å². The van der Waals surface area contributed by atoms with Crippen LogP contribution in [0.5, 0.6) is 0 Å². The molecule has 2 aromatic rings. The fourth-order valence-corrected chi connectivity index (χ4v) is 2.90. The lowest BCUT2D eigenvalue weighted by molar-refractivity contribution is -0.135. The highest BCUT2D eigenvalue weighted by atomic mass is 19.1. The number of amides is 1. The van der Waals surface area contributed by atoms with Crippen LogP contribution in [0.1, 0.15) is 35.7 Å². The molecule has 0 atom stereocenters. The predicted molar refractivity (Wildman–Crippen MR) is 74.8 cm³/mol. The summed E-state index contributed by atoms with van der Waals surface area (Å²) in [5.74, 6) is -0.789. The molecular formula is C16H15F2N3O. The average molecular weight is 303 g/mol. The molecule has 6 heteroatoms. The largest absolute Gasteiger partial charge is 0.331 e. The third-order valence-corrected chi connectivity index (χ3v) is 4.16. The summed E-state index contributed by atoms with van der Waals surface area (Å²) < 4.78 is 28.3. The Bertz CT molecular complexity index is 732. The number of hydrogen-bond donors (Lipinski definition) is 0. The maximum absolute atomic E-state index is 13.3. The van der Waals surface area contributed by atoms with Gasteiger partial charge in [0.2, 0.25) is 5.91 Å². The number of carbonyl (C=O) groups excluding carboxylic acids is 1. The minimum atomic E-state index is -0.625. The van der Waals surface area contributed by atoms with E-state index < -0.39 is 11.6 Å². The fraction of sp³-hybridized carbons (Fsp3) is 0.375. The van der Waals surface area contributed by atoms with Gasteiger partial charge in [-0.2, -0.15) is 5.10 Å². The van der Waals surface area contributed by atoms with Crippen LogP contribution in [0.3, 0.4) is 0 Å². The van der Waals surface area contributed by atoms with Crippen molar-refractivity contribution in [3.8, 4) is 0 Å². The van der Waals surface area contributed by atoms with E-state index in [0.29, 0.717) is 18.0 Å². The van der Waals surface area contributed by atoms with Gasteiger partial charge in [0.1, 0.15) is 18.2 Å². The Balaban J connectivity index is 1.56. The summed E-state index contributed by atoms with van der Waals surface area (Å²) in [6.07, 6.45) is 2.33. The predicted octanol–water partition coefficient (Wildman–Crippen LogP) is 2.58. The van der Waals surface area contributed by atoms with E-state index in [1.807, 2.05) is 6.07 Å². The normalized spacial score (nSPS) is 17.7. The third-order valence-electron chi connectivity index (χ3n) is 4.16. The van der Waals surface area contributed by atoms with Crippen LogP contribution in [-0.4, -0.2) is 20.6 Å². The van der Waals surface area contributed by atoms with Gasteiger partial charge in [0, 0.05) is 18.5 Å². The minimum absolute atomic E-state index is 0.0809. The third kappa shape index (κ3) is 2.49. The van der Waals surface area contributed by atoms with Crippen molar-refractivity contribution < 1.29 is 13.6 Å². The molecule has 1 aromatic heterocycles. The first-order valence-corrected chi connectivity index (χ1v) is 7.38. The summed E-state index contributed by atoms with van der Waals surface area (Å²) in [6, 6.07) is 5.40. The van der Waals surface area contributed by atoms with Gasteiger partial charge in [-0.1, -0.05) is 0 Å². The summed E-state index contributed by atoms with van der Waals surface area (Å²) in [5, 5.41) is 4.48. The Morgan fingerprint density at radius 2 is 1.82 bits per heavy atom. The van der Waals surface area contributed by atoms with Crippen LogP contribution in [0.2, 0.25) is 0 Å². The molecule has 1 aliphatic carbocycles. The van der Waals surface area contributed by atoms with Crippen molar-refractivity contribution in [3.63, 3.8) is 0 Å². The van der Waals surface area contributed by atoms with E-state index in [1.54, 1.807) is 9.58 Å². The first-order chi connectivity index (χ1) is 10.6.